The van der Waals surface area contributed by atoms with Gasteiger partial charge in [0.05, 0.1) is 19.0 Å². The van der Waals surface area contributed by atoms with Crippen molar-refractivity contribution < 1.29 is 13.8 Å². The van der Waals surface area contributed by atoms with Gasteiger partial charge in [-0.2, -0.15) is 0 Å². The summed E-state index contributed by atoms with van der Waals surface area (Å²) in [6, 6.07) is 10.6. The molecular formula is C17H21N5O2. The maximum absolute atomic E-state index is 12.5. The van der Waals surface area contributed by atoms with Gasteiger partial charge in [0.1, 0.15) is 5.75 Å². The van der Waals surface area contributed by atoms with Gasteiger partial charge < -0.3 is 15.8 Å². The van der Waals surface area contributed by atoms with Gasteiger partial charge in [-0.1, -0.05) is 6.07 Å². The molecule has 0 aliphatic rings. The number of carbonyl (C=O) groups excluding carboxylic acids is 1. The molecule has 0 aliphatic heterocycles. The summed E-state index contributed by atoms with van der Waals surface area (Å²) >= 11 is 0. The Balaban J connectivity index is 0.00000225. The lowest BCUT2D eigenvalue weighted by atomic mass is 10.2. The summed E-state index contributed by atoms with van der Waals surface area (Å²) in [5.41, 5.74) is 7.71. The maximum atomic E-state index is 12.5. The first-order chi connectivity index (χ1) is 11.7. The van der Waals surface area contributed by atoms with Gasteiger partial charge in [0.2, 0.25) is 0 Å². The summed E-state index contributed by atoms with van der Waals surface area (Å²) in [5, 5.41) is 2.74. The van der Waals surface area contributed by atoms with Crippen molar-refractivity contribution in [3.63, 3.8) is 0 Å². The van der Waals surface area contributed by atoms with Gasteiger partial charge >= 0.3 is 0 Å². The van der Waals surface area contributed by atoms with Crippen LogP contribution in [0.15, 0.2) is 55.0 Å². The molecule has 2 aromatic heterocycles. The molecular weight excluding hydrogens is 306 g/mol. The van der Waals surface area contributed by atoms with Gasteiger partial charge in [-0.3, -0.25) is 9.78 Å². The zero-order valence-corrected chi connectivity index (χ0v) is 12.9. The molecule has 7 nitrogen and oxygen atoms in total. The Kier molecular flexibility index (Phi) is 4.33. The van der Waals surface area contributed by atoms with Crippen LogP contribution < -0.4 is 15.8 Å². The summed E-state index contributed by atoms with van der Waals surface area (Å²) in [4.78, 5) is 24.9. The van der Waals surface area contributed by atoms with Crippen LogP contribution in [0.3, 0.4) is 0 Å². The van der Waals surface area contributed by atoms with Gasteiger partial charge in [0.25, 0.3) is 5.91 Å². The Morgan fingerprint density at radius 3 is 2.88 bits per heavy atom. The number of carbonyl (C=O) groups is 1. The number of ether oxygens (including phenoxy) is 1. The number of methoxy groups -OCH3 is 1. The lowest BCUT2D eigenvalue weighted by Gasteiger charge is -2.09. The van der Waals surface area contributed by atoms with Crippen molar-refractivity contribution in [2.75, 3.05) is 18.2 Å². The number of amides is 1. The minimum atomic E-state index is -0.445. The van der Waals surface area contributed by atoms with Crippen molar-refractivity contribution in [3.8, 4) is 17.0 Å². The third-order valence-electron chi connectivity index (χ3n) is 3.30. The normalized spacial score (nSPS) is 10.2. The molecule has 24 heavy (non-hydrogen) atoms. The number of benzene rings is 1. The Morgan fingerprint density at radius 1 is 1.25 bits per heavy atom. The first-order valence-corrected chi connectivity index (χ1v) is 7.15. The molecule has 0 saturated carbocycles. The second kappa shape index (κ2) is 6.74. The SMILES string of the molecule is COc1cccc(NC(=O)c2nc(-c3cccnc3)cnc2N)c1.[HH].[HH].[HH]. The van der Waals surface area contributed by atoms with Crippen LogP contribution in [0.4, 0.5) is 11.5 Å². The van der Waals surface area contributed by atoms with Crippen molar-refractivity contribution in [1.29, 1.82) is 0 Å². The highest BCUT2D eigenvalue weighted by Crippen LogP contribution is 2.20. The number of nitrogens with zero attached hydrogens (tertiary/aromatic N) is 3. The molecule has 126 valence electrons. The Labute approximate surface area is 143 Å². The molecule has 0 spiro atoms. The van der Waals surface area contributed by atoms with Crippen molar-refractivity contribution in [2.24, 2.45) is 0 Å². The summed E-state index contributed by atoms with van der Waals surface area (Å²) in [5.74, 6) is 0.248. The van der Waals surface area contributed by atoms with Crippen molar-refractivity contribution in [2.45, 2.75) is 0 Å². The minimum Gasteiger partial charge on any atom is -0.497 e. The number of anilines is 2. The van der Waals surface area contributed by atoms with E-state index in [0.29, 0.717) is 17.1 Å². The molecule has 3 aromatic rings. The van der Waals surface area contributed by atoms with Gasteiger partial charge in [0, 0.05) is 34.0 Å². The molecule has 3 N–H and O–H groups in total. The number of hydrogen-bond donors (Lipinski definition) is 2. The average molecular weight is 327 g/mol. The van der Waals surface area contributed by atoms with Crippen molar-refractivity contribution in [3.05, 3.63) is 60.7 Å². The Hall–Kier alpha value is -3.48. The Bertz CT molecular complexity index is 881. The predicted octanol–water partition coefficient (Wildman–Crippen LogP) is 3.12. The van der Waals surface area contributed by atoms with Gasteiger partial charge in [-0.05, 0) is 24.3 Å². The van der Waals surface area contributed by atoms with Crippen LogP contribution in [0.25, 0.3) is 11.3 Å². The highest BCUT2D eigenvalue weighted by Gasteiger charge is 2.15. The molecule has 0 aliphatic carbocycles. The van der Waals surface area contributed by atoms with Crippen molar-refractivity contribution >= 4 is 17.4 Å². The third-order valence-corrected chi connectivity index (χ3v) is 3.30. The maximum Gasteiger partial charge on any atom is 0.278 e. The van der Waals surface area contributed by atoms with E-state index in [2.05, 4.69) is 20.3 Å². The zero-order valence-electron chi connectivity index (χ0n) is 12.9. The number of aromatic nitrogens is 3. The largest absolute Gasteiger partial charge is 0.497 e. The molecule has 3 rings (SSSR count). The quantitative estimate of drug-likeness (QED) is 0.763. The molecule has 0 bridgehead atoms. The summed E-state index contributed by atoms with van der Waals surface area (Å²) in [6.07, 6.45) is 4.81. The molecule has 1 aromatic carbocycles. The monoisotopic (exact) mass is 327 g/mol. The fourth-order valence-corrected chi connectivity index (χ4v) is 2.11. The molecule has 1 amide bonds. The number of nitrogens with one attached hydrogen (secondary N) is 1. The third kappa shape index (κ3) is 3.30. The average Bonchev–Trinajstić information content (AvgIpc) is 2.63. The van der Waals surface area contributed by atoms with Gasteiger partial charge in [-0.25, -0.2) is 9.97 Å². The zero-order chi connectivity index (χ0) is 16.9. The summed E-state index contributed by atoms with van der Waals surface area (Å²) < 4.78 is 5.13. The smallest absolute Gasteiger partial charge is 0.278 e. The van der Waals surface area contributed by atoms with Crippen LogP contribution in [0, 0.1) is 0 Å². The fraction of sp³-hybridized carbons (Fsp3) is 0.0588. The highest BCUT2D eigenvalue weighted by molar-refractivity contribution is 6.06. The second-order valence-corrected chi connectivity index (χ2v) is 4.92. The van der Waals surface area contributed by atoms with E-state index in [0.717, 1.165) is 5.56 Å². The minimum absolute atomic E-state index is 0. The molecule has 0 radical (unpaired) electrons. The van der Waals surface area contributed by atoms with E-state index in [1.807, 2.05) is 6.07 Å². The number of nitrogen functional groups attached to an aromatic ring is 1. The molecule has 0 fully saturated rings. The Morgan fingerprint density at radius 2 is 2.12 bits per heavy atom. The van der Waals surface area contributed by atoms with E-state index in [1.165, 1.54) is 6.20 Å². The van der Waals surface area contributed by atoms with E-state index in [1.54, 1.807) is 49.8 Å². The van der Waals surface area contributed by atoms with Crippen molar-refractivity contribution in [1.82, 2.24) is 15.0 Å². The number of pyridine rings is 1. The van der Waals surface area contributed by atoms with Crippen LogP contribution in [0.5, 0.6) is 5.75 Å². The first kappa shape index (κ1) is 15.4. The molecule has 7 heteroatoms. The van der Waals surface area contributed by atoms with Crippen LogP contribution in [0.2, 0.25) is 0 Å². The van der Waals surface area contributed by atoms with E-state index in [-0.39, 0.29) is 15.8 Å². The predicted molar refractivity (Wildman–Crippen MR) is 97.0 cm³/mol. The topological polar surface area (TPSA) is 103 Å². The molecule has 0 saturated heterocycles. The number of nitrogens with two attached hydrogens (primary N) is 1. The van der Waals surface area contributed by atoms with Crippen LogP contribution >= 0.6 is 0 Å². The lowest BCUT2D eigenvalue weighted by Crippen LogP contribution is -2.17. The molecule has 2 heterocycles. The number of hydrogen-bond acceptors (Lipinski definition) is 6. The molecule has 0 atom stereocenters. The van der Waals surface area contributed by atoms with E-state index >= 15 is 0 Å². The highest BCUT2D eigenvalue weighted by atomic mass is 16.5. The van der Waals surface area contributed by atoms with Crippen LogP contribution in [0.1, 0.15) is 14.8 Å². The summed E-state index contributed by atoms with van der Waals surface area (Å²) in [6.45, 7) is 0. The number of rotatable bonds is 4. The lowest BCUT2D eigenvalue weighted by molar-refractivity contribution is 0.102. The molecule has 0 unspecified atom stereocenters. The van der Waals surface area contributed by atoms with E-state index < -0.39 is 5.91 Å². The standard InChI is InChI=1S/C17H15N5O2.3H2/c1-24-13-6-2-5-12(8-13)21-17(23)15-16(18)20-10-14(22-15)11-4-3-7-19-9-11;;;/h2-10H,1H3,(H2,18,20)(H,21,23);3*1H. The fourth-order valence-electron chi connectivity index (χ4n) is 2.11. The first-order valence-electron chi connectivity index (χ1n) is 7.15. The van der Waals surface area contributed by atoms with Gasteiger partial charge in [0.15, 0.2) is 11.5 Å². The van der Waals surface area contributed by atoms with Gasteiger partial charge in [-0.15, -0.1) is 0 Å². The van der Waals surface area contributed by atoms with E-state index in [9.17, 15) is 4.79 Å². The van der Waals surface area contributed by atoms with E-state index in [4.69, 9.17) is 10.5 Å². The summed E-state index contributed by atoms with van der Waals surface area (Å²) in [7, 11) is 1.56. The van der Waals surface area contributed by atoms with Crippen LogP contribution in [-0.2, 0) is 0 Å². The van der Waals surface area contributed by atoms with Crippen LogP contribution in [-0.4, -0.2) is 28.0 Å². The second-order valence-electron chi connectivity index (χ2n) is 4.92.